The number of hydrogen-bond donors (Lipinski definition) is 2. The highest BCUT2D eigenvalue weighted by molar-refractivity contribution is 8.00. The molecule has 2 aliphatic heterocycles. The van der Waals surface area contributed by atoms with Crippen LogP contribution in [0.15, 0.2) is 29.2 Å². The number of rotatable bonds is 3. The lowest BCUT2D eigenvalue weighted by atomic mass is 10.2. The van der Waals surface area contributed by atoms with Gasteiger partial charge in [-0.3, -0.25) is 9.59 Å². The maximum absolute atomic E-state index is 12.1. The van der Waals surface area contributed by atoms with E-state index in [4.69, 9.17) is 0 Å². The molecule has 3 rings (SSSR count). The second kappa shape index (κ2) is 5.85. The molecule has 1 unspecified atom stereocenters. The molecule has 1 fully saturated rings. The van der Waals surface area contributed by atoms with E-state index in [-0.39, 0.29) is 24.4 Å². The Balaban J connectivity index is 1.69. The summed E-state index contributed by atoms with van der Waals surface area (Å²) in [5.41, 5.74) is 0.841. The summed E-state index contributed by atoms with van der Waals surface area (Å²) in [4.78, 5) is 26.8. The quantitative estimate of drug-likeness (QED) is 0.856. The molecule has 20 heavy (non-hydrogen) atoms. The van der Waals surface area contributed by atoms with Crippen molar-refractivity contribution in [1.82, 2.24) is 10.6 Å². The Morgan fingerprint density at radius 1 is 1.45 bits per heavy atom. The van der Waals surface area contributed by atoms with E-state index in [0.29, 0.717) is 5.75 Å². The van der Waals surface area contributed by atoms with Gasteiger partial charge in [0.1, 0.15) is 6.54 Å². The Morgan fingerprint density at radius 3 is 3.10 bits per heavy atom. The van der Waals surface area contributed by atoms with E-state index in [2.05, 4.69) is 10.6 Å². The molecule has 0 radical (unpaired) electrons. The highest BCUT2D eigenvalue weighted by atomic mass is 32.2. The monoisotopic (exact) mass is 291 g/mol. The minimum absolute atomic E-state index is 0.00611. The van der Waals surface area contributed by atoms with Crippen LogP contribution in [-0.2, 0) is 9.59 Å². The summed E-state index contributed by atoms with van der Waals surface area (Å²) < 4.78 is 0. The second-order valence-corrected chi connectivity index (χ2v) is 6.01. The van der Waals surface area contributed by atoms with Gasteiger partial charge in [-0.1, -0.05) is 12.1 Å². The van der Waals surface area contributed by atoms with Crippen molar-refractivity contribution in [1.29, 1.82) is 0 Å². The van der Waals surface area contributed by atoms with Crippen LogP contribution in [0, 0.1) is 0 Å². The highest BCUT2D eigenvalue weighted by Gasteiger charge is 2.27. The number of carbonyl (C=O) groups excluding carboxylic acids is 2. The molecule has 1 aromatic carbocycles. The molecule has 2 amide bonds. The first-order chi connectivity index (χ1) is 9.74. The molecule has 5 nitrogen and oxygen atoms in total. The highest BCUT2D eigenvalue weighted by Crippen LogP contribution is 2.34. The van der Waals surface area contributed by atoms with Crippen molar-refractivity contribution in [3.63, 3.8) is 0 Å². The Morgan fingerprint density at radius 2 is 2.30 bits per heavy atom. The molecule has 1 saturated heterocycles. The molecule has 1 atom stereocenters. The number of amides is 2. The SMILES string of the molecule is O=C(CN1C(=O)CSc2ccccc21)NC1CCNC1. The van der Waals surface area contributed by atoms with E-state index < -0.39 is 0 Å². The van der Waals surface area contributed by atoms with Crippen molar-refractivity contribution in [3.05, 3.63) is 24.3 Å². The molecule has 1 aromatic rings. The zero-order valence-electron chi connectivity index (χ0n) is 11.1. The van der Waals surface area contributed by atoms with Crippen LogP contribution in [0.2, 0.25) is 0 Å². The zero-order chi connectivity index (χ0) is 13.9. The predicted octanol–water partition coefficient (Wildman–Crippen LogP) is 0.603. The van der Waals surface area contributed by atoms with Gasteiger partial charge in [-0.2, -0.15) is 0 Å². The molecule has 106 valence electrons. The van der Waals surface area contributed by atoms with E-state index in [9.17, 15) is 9.59 Å². The smallest absolute Gasteiger partial charge is 0.240 e. The van der Waals surface area contributed by atoms with Crippen molar-refractivity contribution in [2.45, 2.75) is 17.4 Å². The first kappa shape index (κ1) is 13.5. The molecule has 0 bridgehead atoms. The van der Waals surface area contributed by atoms with Crippen molar-refractivity contribution in [2.24, 2.45) is 0 Å². The van der Waals surface area contributed by atoms with E-state index in [1.54, 1.807) is 4.90 Å². The van der Waals surface area contributed by atoms with Gasteiger partial charge in [0.25, 0.3) is 0 Å². The third-order valence-electron chi connectivity index (χ3n) is 3.54. The average molecular weight is 291 g/mol. The summed E-state index contributed by atoms with van der Waals surface area (Å²) >= 11 is 1.53. The van der Waals surface area contributed by atoms with Gasteiger partial charge < -0.3 is 15.5 Å². The number of para-hydroxylation sites is 1. The minimum atomic E-state index is -0.0891. The van der Waals surface area contributed by atoms with Crippen LogP contribution in [-0.4, -0.2) is 43.2 Å². The van der Waals surface area contributed by atoms with Gasteiger partial charge >= 0.3 is 0 Å². The van der Waals surface area contributed by atoms with Crippen molar-refractivity contribution in [2.75, 3.05) is 30.3 Å². The first-order valence-corrected chi connectivity index (χ1v) is 7.75. The van der Waals surface area contributed by atoms with E-state index in [0.717, 1.165) is 30.1 Å². The molecule has 2 aliphatic rings. The lowest BCUT2D eigenvalue weighted by molar-refractivity contribution is -0.123. The fraction of sp³-hybridized carbons (Fsp3) is 0.429. The van der Waals surface area contributed by atoms with Gasteiger partial charge in [0, 0.05) is 17.5 Å². The molecule has 2 N–H and O–H groups in total. The van der Waals surface area contributed by atoms with Gasteiger partial charge in [0.05, 0.1) is 11.4 Å². The number of carbonyl (C=O) groups is 2. The van der Waals surface area contributed by atoms with Crippen LogP contribution in [0.5, 0.6) is 0 Å². The molecule has 0 aromatic heterocycles. The number of fused-ring (bicyclic) bond motifs is 1. The van der Waals surface area contributed by atoms with Crippen LogP contribution >= 0.6 is 11.8 Å². The largest absolute Gasteiger partial charge is 0.350 e. The van der Waals surface area contributed by atoms with E-state index in [1.807, 2.05) is 24.3 Å². The maximum Gasteiger partial charge on any atom is 0.240 e. The summed E-state index contributed by atoms with van der Waals surface area (Å²) in [6.07, 6.45) is 0.951. The summed E-state index contributed by atoms with van der Waals surface area (Å²) in [5.74, 6) is 0.303. The summed E-state index contributed by atoms with van der Waals surface area (Å²) in [6, 6.07) is 7.91. The Kier molecular flexibility index (Phi) is 3.93. The van der Waals surface area contributed by atoms with Crippen LogP contribution in [0.1, 0.15) is 6.42 Å². The van der Waals surface area contributed by atoms with Gasteiger partial charge in [0.2, 0.25) is 11.8 Å². The zero-order valence-corrected chi connectivity index (χ0v) is 11.9. The number of nitrogens with one attached hydrogen (secondary N) is 2. The fourth-order valence-electron chi connectivity index (χ4n) is 2.52. The maximum atomic E-state index is 12.1. The third kappa shape index (κ3) is 2.81. The van der Waals surface area contributed by atoms with Crippen LogP contribution in [0.3, 0.4) is 0 Å². The Bertz CT molecular complexity index is 529. The van der Waals surface area contributed by atoms with Crippen molar-refractivity contribution in [3.8, 4) is 0 Å². The fourth-order valence-corrected chi connectivity index (χ4v) is 3.46. The van der Waals surface area contributed by atoms with Crippen LogP contribution in [0.4, 0.5) is 5.69 Å². The molecular formula is C14H17N3O2S. The summed E-state index contributed by atoms with van der Waals surface area (Å²) in [5, 5.41) is 6.18. The molecule has 2 heterocycles. The second-order valence-electron chi connectivity index (χ2n) is 4.99. The lowest BCUT2D eigenvalue weighted by Crippen LogP contribution is -2.46. The predicted molar refractivity (Wildman–Crippen MR) is 78.9 cm³/mol. The normalized spacial score (nSPS) is 21.7. The van der Waals surface area contributed by atoms with E-state index in [1.165, 1.54) is 11.8 Å². The molecule has 0 aliphatic carbocycles. The number of anilines is 1. The number of nitrogens with zero attached hydrogens (tertiary/aromatic N) is 1. The van der Waals surface area contributed by atoms with E-state index >= 15 is 0 Å². The third-order valence-corrected chi connectivity index (χ3v) is 4.58. The summed E-state index contributed by atoms with van der Waals surface area (Å²) in [7, 11) is 0. The average Bonchev–Trinajstić information content (AvgIpc) is 2.95. The standard InChI is InChI=1S/C14H17N3O2S/c18-13(16-10-5-6-15-7-10)8-17-11-3-1-2-4-12(11)20-9-14(17)19/h1-4,10,15H,5-9H2,(H,16,18). The molecule has 0 saturated carbocycles. The Labute approximate surface area is 122 Å². The van der Waals surface area contributed by atoms with Crippen molar-refractivity contribution >= 4 is 29.3 Å². The van der Waals surface area contributed by atoms with Crippen LogP contribution in [0.25, 0.3) is 0 Å². The number of thioether (sulfide) groups is 1. The van der Waals surface area contributed by atoms with Gasteiger partial charge in [-0.05, 0) is 25.1 Å². The Hall–Kier alpha value is -1.53. The topological polar surface area (TPSA) is 61.4 Å². The molecule has 0 spiro atoms. The first-order valence-electron chi connectivity index (χ1n) is 6.76. The number of benzene rings is 1. The summed E-state index contributed by atoms with van der Waals surface area (Å²) in [6.45, 7) is 1.85. The van der Waals surface area contributed by atoms with Gasteiger partial charge in [0.15, 0.2) is 0 Å². The number of hydrogen-bond acceptors (Lipinski definition) is 4. The molecule has 6 heteroatoms. The molecular weight excluding hydrogens is 274 g/mol. The van der Waals surface area contributed by atoms with Gasteiger partial charge in [-0.15, -0.1) is 11.8 Å². The lowest BCUT2D eigenvalue weighted by Gasteiger charge is -2.28. The van der Waals surface area contributed by atoms with Crippen LogP contribution < -0.4 is 15.5 Å². The minimum Gasteiger partial charge on any atom is -0.350 e. The van der Waals surface area contributed by atoms with Crippen molar-refractivity contribution < 1.29 is 9.59 Å². The van der Waals surface area contributed by atoms with Gasteiger partial charge in [-0.25, -0.2) is 0 Å².